The van der Waals surface area contributed by atoms with E-state index in [9.17, 15) is 9.59 Å². The van der Waals surface area contributed by atoms with Crippen LogP contribution >= 0.6 is 11.8 Å². The van der Waals surface area contributed by atoms with Gasteiger partial charge in [0, 0.05) is 17.5 Å². The van der Waals surface area contributed by atoms with Crippen molar-refractivity contribution in [2.45, 2.75) is 44.0 Å². The number of thioether (sulfide) groups is 1. The van der Waals surface area contributed by atoms with Crippen molar-refractivity contribution < 1.29 is 9.53 Å². The van der Waals surface area contributed by atoms with Crippen molar-refractivity contribution in [3.8, 4) is 0 Å². The third-order valence-electron chi connectivity index (χ3n) is 3.28. The Hall–Kier alpha value is -2.08. The molecule has 24 heavy (non-hydrogen) atoms. The van der Waals surface area contributed by atoms with E-state index in [2.05, 4.69) is 16.9 Å². The molecule has 0 saturated carbocycles. The molecule has 0 atom stereocenters. The fourth-order valence-electron chi connectivity index (χ4n) is 2.10. The van der Waals surface area contributed by atoms with Crippen molar-refractivity contribution in [1.29, 1.82) is 0 Å². The maximum Gasteiger partial charge on any atom is 0.338 e. The molecule has 6 heteroatoms. The quantitative estimate of drug-likeness (QED) is 0.449. The lowest BCUT2D eigenvalue weighted by Crippen LogP contribution is -2.10. The summed E-state index contributed by atoms with van der Waals surface area (Å²) in [5.41, 5.74) is 2.30. The first-order chi connectivity index (χ1) is 11.6. The van der Waals surface area contributed by atoms with E-state index >= 15 is 0 Å². The van der Waals surface area contributed by atoms with Gasteiger partial charge in [0.2, 0.25) is 0 Å². The van der Waals surface area contributed by atoms with Crippen LogP contribution in [0.5, 0.6) is 0 Å². The summed E-state index contributed by atoms with van der Waals surface area (Å²) < 4.78 is 5.10. The van der Waals surface area contributed by atoms with Crippen LogP contribution in [0.25, 0.3) is 0 Å². The second-order valence-electron chi connectivity index (χ2n) is 5.41. The van der Waals surface area contributed by atoms with E-state index in [-0.39, 0.29) is 11.5 Å². The van der Waals surface area contributed by atoms with E-state index in [0.717, 1.165) is 30.5 Å². The Morgan fingerprint density at radius 2 is 1.96 bits per heavy atom. The number of aromatic nitrogens is 2. The topological polar surface area (TPSA) is 72.0 Å². The number of carbonyl (C=O) groups excluding carboxylic acids is 1. The smallest absolute Gasteiger partial charge is 0.338 e. The van der Waals surface area contributed by atoms with Crippen LogP contribution in [0, 0.1) is 0 Å². The van der Waals surface area contributed by atoms with Crippen molar-refractivity contribution in [2.24, 2.45) is 0 Å². The molecule has 2 rings (SSSR count). The zero-order chi connectivity index (χ0) is 17.4. The summed E-state index contributed by atoms with van der Waals surface area (Å²) in [6.07, 6.45) is 2.56. The number of benzene rings is 1. The van der Waals surface area contributed by atoms with Crippen LogP contribution in [-0.4, -0.2) is 22.5 Å². The zero-order valence-corrected chi connectivity index (χ0v) is 14.8. The van der Waals surface area contributed by atoms with E-state index in [1.165, 1.54) is 11.8 Å². The second-order valence-corrected chi connectivity index (χ2v) is 6.38. The Kier molecular flexibility index (Phi) is 7.06. The van der Waals surface area contributed by atoms with Crippen molar-refractivity contribution >= 4 is 17.7 Å². The highest BCUT2D eigenvalue weighted by atomic mass is 32.2. The van der Waals surface area contributed by atoms with Gasteiger partial charge < -0.3 is 9.72 Å². The number of aryl methyl sites for hydroxylation is 1. The van der Waals surface area contributed by atoms with Crippen molar-refractivity contribution in [1.82, 2.24) is 9.97 Å². The van der Waals surface area contributed by atoms with Gasteiger partial charge in [-0.2, -0.15) is 0 Å². The van der Waals surface area contributed by atoms with Gasteiger partial charge in [-0.15, -0.1) is 0 Å². The predicted octanol–water partition coefficient (Wildman–Crippen LogP) is 3.58. The molecule has 0 spiro atoms. The largest absolute Gasteiger partial charge is 0.462 e. The van der Waals surface area contributed by atoms with Crippen molar-refractivity contribution in [3.63, 3.8) is 0 Å². The highest BCUT2D eigenvalue weighted by Crippen LogP contribution is 2.19. The van der Waals surface area contributed by atoms with Gasteiger partial charge in [-0.3, -0.25) is 4.79 Å². The summed E-state index contributed by atoms with van der Waals surface area (Å²) in [7, 11) is 0. The first kappa shape index (κ1) is 18.3. The second kappa shape index (κ2) is 9.27. The van der Waals surface area contributed by atoms with Crippen LogP contribution in [0.2, 0.25) is 0 Å². The van der Waals surface area contributed by atoms with Gasteiger partial charge in [-0.1, -0.05) is 44.2 Å². The molecule has 5 nitrogen and oxygen atoms in total. The number of nitrogens with zero attached hydrogens (tertiary/aromatic N) is 1. The molecule has 128 valence electrons. The lowest BCUT2D eigenvalue weighted by Gasteiger charge is -2.05. The van der Waals surface area contributed by atoms with Gasteiger partial charge in [-0.25, -0.2) is 9.78 Å². The molecule has 0 saturated heterocycles. The van der Waals surface area contributed by atoms with Crippen molar-refractivity contribution in [3.05, 3.63) is 57.5 Å². The molecule has 0 unspecified atom stereocenters. The number of nitrogens with one attached hydrogen (secondary N) is 1. The zero-order valence-electron chi connectivity index (χ0n) is 14.0. The number of aromatic amines is 1. The SMILES string of the molecule is CCCOC(=O)c1ccc(CSc2nc(CCC)cc(=O)[nH]2)cc1. The van der Waals surface area contributed by atoms with E-state index in [0.29, 0.717) is 23.1 Å². The van der Waals surface area contributed by atoms with Crippen molar-refractivity contribution in [2.75, 3.05) is 6.61 Å². The van der Waals surface area contributed by atoms with E-state index in [4.69, 9.17) is 4.74 Å². The fraction of sp³-hybridized carbons (Fsp3) is 0.389. The molecular formula is C18H22N2O3S. The van der Waals surface area contributed by atoms with Crippen LogP contribution in [0.3, 0.4) is 0 Å². The standard InChI is InChI=1S/C18H22N2O3S/c1-3-5-15-11-16(21)20-18(19-15)24-12-13-6-8-14(9-7-13)17(22)23-10-4-2/h6-9,11H,3-5,10,12H2,1-2H3,(H,19,20,21). The lowest BCUT2D eigenvalue weighted by atomic mass is 10.1. The number of ether oxygens (including phenoxy) is 1. The molecule has 1 heterocycles. The monoisotopic (exact) mass is 346 g/mol. The fourth-order valence-corrected chi connectivity index (χ4v) is 2.95. The van der Waals surface area contributed by atoms with Gasteiger partial charge >= 0.3 is 5.97 Å². The molecular weight excluding hydrogens is 324 g/mol. The number of carbonyl (C=O) groups is 1. The van der Waals surface area contributed by atoms with Gasteiger partial charge in [0.1, 0.15) is 0 Å². The highest BCUT2D eigenvalue weighted by Gasteiger charge is 2.07. The summed E-state index contributed by atoms with van der Waals surface area (Å²) in [6.45, 7) is 4.45. The maximum absolute atomic E-state index is 11.8. The maximum atomic E-state index is 11.8. The van der Waals surface area contributed by atoms with E-state index in [1.807, 2.05) is 19.1 Å². The van der Waals surface area contributed by atoms with Gasteiger partial charge in [-0.05, 0) is 30.5 Å². The van der Waals surface area contributed by atoms with Crippen LogP contribution in [0.15, 0.2) is 40.3 Å². The van der Waals surface area contributed by atoms with Crippen LogP contribution in [-0.2, 0) is 16.9 Å². The molecule has 0 fully saturated rings. The first-order valence-electron chi connectivity index (χ1n) is 8.11. The van der Waals surface area contributed by atoms with Crippen LogP contribution in [0.4, 0.5) is 0 Å². The Balaban J connectivity index is 1.97. The Morgan fingerprint density at radius 3 is 2.62 bits per heavy atom. The third kappa shape index (κ3) is 5.53. The summed E-state index contributed by atoms with van der Waals surface area (Å²) in [5, 5.41) is 0.623. The molecule has 0 aliphatic carbocycles. The number of rotatable bonds is 8. The van der Waals surface area contributed by atoms with Gasteiger partial charge in [0.05, 0.1) is 12.2 Å². The average Bonchev–Trinajstić information content (AvgIpc) is 2.58. The summed E-state index contributed by atoms with van der Waals surface area (Å²) >= 11 is 1.47. The minimum absolute atomic E-state index is 0.120. The molecule has 0 aliphatic rings. The molecule has 0 aliphatic heterocycles. The van der Waals surface area contributed by atoms with Crippen LogP contribution < -0.4 is 5.56 Å². The average molecular weight is 346 g/mol. The van der Waals surface area contributed by atoms with Gasteiger partial charge in [0.25, 0.3) is 5.56 Å². The molecule has 0 amide bonds. The Labute approximate surface area is 145 Å². The summed E-state index contributed by atoms with van der Waals surface area (Å²) in [4.78, 5) is 30.6. The number of hydrogen-bond acceptors (Lipinski definition) is 5. The third-order valence-corrected chi connectivity index (χ3v) is 4.23. The minimum atomic E-state index is -0.297. The Bertz CT molecular complexity index is 726. The predicted molar refractivity (Wildman–Crippen MR) is 95.4 cm³/mol. The number of hydrogen-bond donors (Lipinski definition) is 1. The highest BCUT2D eigenvalue weighted by molar-refractivity contribution is 7.98. The molecule has 0 radical (unpaired) electrons. The van der Waals surface area contributed by atoms with E-state index < -0.39 is 0 Å². The molecule has 0 bridgehead atoms. The Morgan fingerprint density at radius 1 is 1.21 bits per heavy atom. The normalized spacial score (nSPS) is 10.6. The molecule has 1 aromatic carbocycles. The number of esters is 1. The minimum Gasteiger partial charge on any atom is -0.462 e. The van der Waals surface area contributed by atoms with Gasteiger partial charge in [0.15, 0.2) is 5.16 Å². The van der Waals surface area contributed by atoms with Crippen LogP contribution in [0.1, 0.15) is 48.3 Å². The molecule has 1 N–H and O–H groups in total. The molecule has 2 aromatic rings. The number of H-pyrrole nitrogens is 1. The first-order valence-corrected chi connectivity index (χ1v) is 9.10. The lowest BCUT2D eigenvalue weighted by molar-refractivity contribution is 0.0505. The summed E-state index contributed by atoms with van der Waals surface area (Å²) in [5.74, 6) is 0.373. The molecule has 1 aromatic heterocycles. The summed E-state index contributed by atoms with van der Waals surface area (Å²) in [6, 6.07) is 8.85. The van der Waals surface area contributed by atoms with E-state index in [1.54, 1.807) is 18.2 Å².